The molecule has 1 amide bonds. The zero-order valence-corrected chi connectivity index (χ0v) is 17.5. The van der Waals surface area contributed by atoms with Gasteiger partial charge in [-0.25, -0.2) is 0 Å². The highest BCUT2D eigenvalue weighted by molar-refractivity contribution is 5.94. The van der Waals surface area contributed by atoms with E-state index < -0.39 is 0 Å². The number of rotatable bonds is 10. The van der Waals surface area contributed by atoms with E-state index in [1.54, 1.807) is 43.4 Å². The first-order valence-electron chi connectivity index (χ1n) is 9.88. The van der Waals surface area contributed by atoms with Crippen LogP contribution < -0.4 is 4.74 Å². The van der Waals surface area contributed by atoms with Gasteiger partial charge in [-0.1, -0.05) is 13.8 Å². The van der Waals surface area contributed by atoms with Gasteiger partial charge in [-0.3, -0.25) is 9.69 Å². The number of hydrogen-bond donors (Lipinski definition) is 1. The van der Waals surface area contributed by atoms with E-state index in [0.717, 1.165) is 12.3 Å². The van der Waals surface area contributed by atoms with Crippen LogP contribution in [0.2, 0.25) is 0 Å². The summed E-state index contributed by atoms with van der Waals surface area (Å²) in [6.45, 7) is 8.20. The molecule has 1 fully saturated rings. The van der Waals surface area contributed by atoms with Crippen LogP contribution in [0.1, 0.15) is 24.2 Å². The van der Waals surface area contributed by atoms with Crippen molar-refractivity contribution < 1.29 is 24.1 Å². The second-order valence-corrected chi connectivity index (χ2v) is 7.54. The van der Waals surface area contributed by atoms with Crippen LogP contribution >= 0.6 is 0 Å². The Balaban J connectivity index is 2.00. The van der Waals surface area contributed by atoms with E-state index in [1.807, 2.05) is 13.8 Å². The van der Waals surface area contributed by atoms with Crippen LogP contribution in [-0.2, 0) is 9.47 Å². The summed E-state index contributed by atoms with van der Waals surface area (Å²) < 4.78 is 16.3. The largest absolute Gasteiger partial charge is 0.497 e. The molecule has 1 aliphatic heterocycles. The van der Waals surface area contributed by atoms with Crippen molar-refractivity contribution in [2.24, 2.45) is 5.92 Å². The fourth-order valence-electron chi connectivity index (χ4n) is 3.17. The van der Waals surface area contributed by atoms with Crippen molar-refractivity contribution in [1.29, 1.82) is 0 Å². The summed E-state index contributed by atoms with van der Waals surface area (Å²) in [5.41, 5.74) is 0.611. The number of aliphatic hydroxyl groups is 1. The molecule has 1 aromatic rings. The second-order valence-electron chi connectivity index (χ2n) is 7.54. The van der Waals surface area contributed by atoms with E-state index in [-0.39, 0.29) is 24.0 Å². The topological polar surface area (TPSA) is 71.5 Å². The minimum Gasteiger partial charge on any atom is -0.497 e. The van der Waals surface area contributed by atoms with Crippen LogP contribution in [0.15, 0.2) is 24.3 Å². The number of morpholine rings is 1. The normalized spacial score (nSPS) is 18.9. The van der Waals surface area contributed by atoms with Gasteiger partial charge in [-0.2, -0.15) is 0 Å². The highest BCUT2D eigenvalue weighted by Crippen LogP contribution is 2.15. The predicted molar refractivity (Wildman–Crippen MR) is 108 cm³/mol. The van der Waals surface area contributed by atoms with Gasteiger partial charge in [0.05, 0.1) is 32.5 Å². The van der Waals surface area contributed by atoms with Gasteiger partial charge in [0.1, 0.15) is 5.75 Å². The minimum atomic E-state index is -0.357. The van der Waals surface area contributed by atoms with Gasteiger partial charge in [-0.15, -0.1) is 0 Å². The van der Waals surface area contributed by atoms with Crippen molar-refractivity contribution in [2.75, 3.05) is 60.2 Å². The Hall–Kier alpha value is -1.67. The monoisotopic (exact) mass is 394 g/mol. The summed E-state index contributed by atoms with van der Waals surface area (Å²) in [7, 11) is 3.23. The quantitative estimate of drug-likeness (QED) is 0.649. The summed E-state index contributed by atoms with van der Waals surface area (Å²) in [5.74, 6) is 0.883. The van der Waals surface area contributed by atoms with Gasteiger partial charge in [0.25, 0.3) is 5.91 Å². The molecule has 0 bridgehead atoms. The highest BCUT2D eigenvalue weighted by Gasteiger charge is 2.27. The lowest BCUT2D eigenvalue weighted by molar-refractivity contribution is -0.0551. The number of nitrogens with zero attached hydrogens (tertiary/aromatic N) is 2. The molecule has 7 nitrogen and oxygen atoms in total. The van der Waals surface area contributed by atoms with Crippen LogP contribution in [0.5, 0.6) is 5.75 Å². The van der Waals surface area contributed by atoms with Gasteiger partial charge in [0.15, 0.2) is 0 Å². The summed E-state index contributed by atoms with van der Waals surface area (Å²) in [6, 6.07) is 7.11. The SMILES string of the molecule is COCCN(C[C@@H]1CN(C[C@@H](O)C(C)C)CCO1)C(=O)c1ccc(OC)cc1. The zero-order chi connectivity index (χ0) is 20.5. The lowest BCUT2D eigenvalue weighted by Crippen LogP contribution is -2.51. The van der Waals surface area contributed by atoms with Crippen molar-refractivity contribution in [3.63, 3.8) is 0 Å². The molecule has 1 aromatic carbocycles. The molecule has 2 atom stereocenters. The fourth-order valence-corrected chi connectivity index (χ4v) is 3.17. The first-order chi connectivity index (χ1) is 13.4. The number of hydrogen-bond acceptors (Lipinski definition) is 6. The maximum atomic E-state index is 13.0. The summed E-state index contributed by atoms with van der Waals surface area (Å²) in [6.07, 6.45) is -0.448. The molecule has 0 spiro atoms. The molecule has 2 rings (SSSR count). The molecule has 0 aromatic heterocycles. The van der Waals surface area contributed by atoms with Gasteiger partial charge in [-0.05, 0) is 30.2 Å². The molecular weight excluding hydrogens is 360 g/mol. The zero-order valence-electron chi connectivity index (χ0n) is 17.5. The number of β-amino-alcohol motifs (C(OH)–C–C–N with tert-alkyl or cyclic N) is 1. The molecule has 28 heavy (non-hydrogen) atoms. The lowest BCUT2D eigenvalue weighted by Gasteiger charge is -2.37. The minimum absolute atomic E-state index is 0.0531. The third-order valence-electron chi connectivity index (χ3n) is 5.05. The van der Waals surface area contributed by atoms with Crippen LogP contribution in [0, 0.1) is 5.92 Å². The molecular formula is C21H34N2O5. The average molecular weight is 395 g/mol. The third kappa shape index (κ3) is 6.74. The fraction of sp³-hybridized carbons (Fsp3) is 0.667. The van der Waals surface area contributed by atoms with E-state index in [4.69, 9.17) is 14.2 Å². The molecule has 1 N–H and O–H groups in total. The van der Waals surface area contributed by atoms with Gasteiger partial charge < -0.3 is 24.2 Å². The van der Waals surface area contributed by atoms with E-state index in [9.17, 15) is 9.90 Å². The van der Waals surface area contributed by atoms with Crippen LogP contribution in [0.25, 0.3) is 0 Å². The first-order valence-corrected chi connectivity index (χ1v) is 9.88. The number of ether oxygens (including phenoxy) is 3. The standard InChI is InChI=1S/C21H34N2O5/c1-16(2)20(24)15-22-9-12-28-19(13-22)14-23(10-11-26-3)21(25)17-5-7-18(27-4)8-6-17/h5-8,16,19-20,24H,9-15H2,1-4H3/t19-,20+/m0/s1. The molecule has 1 saturated heterocycles. The first kappa shape index (κ1) is 22.6. The van der Waals surface area contributed by atoms with Crippen LogP contribution in [0.3, 0.4) is 0 Å². The molecule has 0 radical (unpaired) electrons. The van der Waals surface area contributed by atoms with Crippen LogP contribution in [-0.4, -0.2) is 93.2 Å². The number of carbonyl (C=O) groups is 1. The summed E-state index contributed by atoms with van der Waals surface area (Å²) >= 11 is 0. The van der Waals surface area contributed by atoms with E-state index in [2.05, 4.69) is 4.90 Å². The Labute approximate surface area is 168 Å². The van der Waals surface area contributed by atoms with Crippen molar-refractivity contribution >= 4 is 5.91 Å². The number of methoxy groups -OCH3 is 2. The number of benzene rings is 1. The summed E-state index contributed by atoms with van der Waals surface area (Å²) in [4.78, 5) is 17.0. The van der Waals surface area contributed by atoms with E-state index >= 15 is 0 Å². The molecule has 7 heteroatoms. The Morgan fingerprint density at radius 2 is 2.04 bits per heavy atom. The maximum absolute atomic E-state index is 13.0. The van der Waals surface area contributed by atoms with Crippen molar-refractivity contribution in [3.05, 3.63) is 29.8 Å². The van der Waals surface area contributed by atoms with Crippen LogP contribution in [0.4, 0.5) is 0 Å². The van der Waals surface area contributed by atoms with Gasteiger partial charge in [0.2, 0.25) is 0 Å². The van der Waals surface area contributed by atoms with Gasteiger partial charge in [0, 0.05) is 45.4 Å². The molecule has 0 saturated carbocycles. The number of aliphatic hydroxyl groups excluding tert-OH is 1. The third-order valence-corrected chi connectivity index (χ3v) is 5.05. The average Bonchev–Trinajstić information content (AvgIpc) is 2.70. The Morgan fingerprint density at radius 3 is 2.64 bits per heavy atom. The molecule has 0 unspecified atom stereocenters. The maximum Gasteiger partial charge on any atom is 0.254 e. The van der Waals surface area contributed by atoms with E-state index in [0.29, 0.717) is 45.0 Å². The molecule has 0 aliphatic carbocycles. The van der Waals surface area contributed by atoms with Crippen molar-refractivity contribution in [2.45, 2.75) is 26.1 Å². The Kier molecular flexibility index (Phi) is 9.18. The second kappa shape index (κ2) is 11.4. The van der Waals surface area contributed by atoms with Gasteiger partial charge >= 0.3 is 0 Å². The predicted octanol–water partition coefficient (Wildman–Crippen LogP) is 1.50. The van der Waals surface area contributed by atoms with E-state index in [1.165, 1.54) is 0 Å². The smallest absolute Gasteiger partial charge is 0.254 e. The Bertz CT molecular complexity index is 593. The number of carbonyl (C=O) groups excluding carboxylic acids is 1. The lowest BCUT2D eigenvalue weighted by atomic mass is 10.1. The van der Waals surface area contributed by atoms with Crippen molar-refractivity contribution in [1.82, 2.24) is 9.80 Å². The van der Waals surface area contributed by atoms with Crippen molar-refractivity contribution in [3.8, 4) is 5.75 Å². The Morgan fingerprint density at radius 1 is 1.32 bits per heavy atom. The molecule has 1 heterocycles. The molecule has 1 aliphatic rings. The highest BCUT2D eigenvalue weighted by atomic mass is 16.5. The summed E-state index contributed by atoms with van der Waals surface area (Å²) in [5, 5.41) is 10.2. The number of amides is 1. The molecule has 158 valence electrons.